The van der Waals surface area contributed by atoms with Crippen LogP contribution in [0.4, 0.5) is 11.5 Å². The van der Waals surface area contributed by atoms with Gasteiger partial charge in [-0.15, -0.1) is 0 Å². The molecule has 1 fully saturated rings. The Morgan fingerprint density at radius 2 is 1.81 bits per heavy atom. The van der Waals surface area contributed by atoms with Crippen LogP contribution < -0.4 is 5.32 Å². The van der Waals surface area contributed by atoms with E-state index in [1.807, 2.05) is 25.1 Å². The Morgan fingerprint density at radius 3 is 2.53 bits per heavy atom. The van der Waals surface area contributed by atoms with Crippen LogP contribution in [0, 0.1) is 13.8 Å². The number of fused-ring (bicyclic) bond motifs is 2. The summed E-state index contributed by atoms with van der Waals surface area (Å²) in [6.07, 6.45) is -4.01. The number of halogens is 1. The van der Waals surface area contributed by atoms with Gasteiger partial charge in [0.25, 0.3) is 0 Å². The van der Waals surface area contributed by atoms with Crippen LogP contribution in [0.25, 0.3) is 21.9 Å². The van der Waals surface area contributed by atoms with Gasteiger partial charge in [0.2, 0.25) is 5.28 Å². The lowest BCUT2D eigenvalue weighted by Crippen LogP contribution is -2.31. The van der Waals surface area contributed by atoms with E-state index in [1.165, 1.54) is 16.5 Å². The summed E-state index contributed by atoms with van der Waals surface area (Å²) in [4.78, 5) is 31.2. The molecular weight excluding hydrogens is 509 g/mol. The maximum atomic E-state index is 11.2. The second kappa shape index (κ2) is 9.35. The van der Waals surface area contributed by atoms with Crippen molar-refractivity contribution in [3.63, 3.8) is 0 Å². The molecule has 0 radical (unpaired) electrons. The third-order valence-electron chi connectivity index (χ3n) is 6.43. The molecule has 0 amide bonds. The van der Waals surface area contributed by atoms with Crippen molar-refractivity contribution in [2.75, 3.05) is 11.5 Å². The van der Waals surface area contributed by atoms with E-state index in [0.29, 0.717) is 11.3 Å². The van der Waals surface area contributed by atoms with Crippen LogP contribution in [-0.4, -0.2) is 64.0 Å². The van der Waals surface area contributed by atoms with Gasteiger partial charge in [0, 0.05) is 5.69 Å². The summed E-state index contributed by atoms with van der Waals surface area (Å²) in [7, 11) is -4.29. The maximum absolute atomic E-state index is 11.2. The average Bonchev–Trinajstić information content (AvgIpc) is 3.35. The Hall–Kier alpha value is -2.63. The molecule has 5 rings (SSSR count). The Bertz CT molecular complexity index is 1510. The van der Waals surface area contributed by atoms with Crippen molar-refractivity contribution in [3.8, 4) is 0 Å². The molecular formula is C23H25ClN5O6P. The zero-order chi connectivity index (χ0) is 25.8. The highest BCUT2D eigenvalue weighted by atomic mass is 35.5. The molecule has 1 aliphatic heterocycles. The predicted octanol–water partition coefficient (Wildman–Crippen LogP) is 3.18. The summed E-state index contributed by atoms with van der Waals surface area (Å²) < 4.78 is 18.4. The fraction of sp³-hybridized carbons (Fsp3) is 0.348. The molecule has 0 aliphatic carbocycles. The number of hydrogen-bond donors (Lipinski definition) is 5. The van der Waals surface area contributed by atoms with Crippen molar-refractivity contribution in [2.45, 2.75) is 44.8 Å². The lowest BCUT2D eigenvalue weighted by molar-refractivity contribution is -0.0355. The van der Waals surface area contributed by atoms with Gasteiger partial charge < -0.3 is 30.1 Å². The third-order valence-corrected chi connectivity index (χ3v) is 7.44. The second-order valence-corrected chi connectivity index (χ2v) is 11.1. The van der Waals surface area contributed by atoms with Crippen LogP contribution in [0.1, 0.15) is 23.8 Å². The minimum Gasteiger partial charge on any atom is -0.388 e. The first kappa shape index (κ1) is 25.0. The quantitative estimate of drug-likeness (QED) is 0.184. The Balaban J connectivity index is 1.47. The zero-order valence-corrected chi connectivity index (χ0v) is 21.1. The molecule has 13 heteroatoms. The molecule has 2 aromatic heterocycles. The number of imidazole rings is 1. The molecule has 0 spiro atoms. The highest BCUT2D eigenvalue weighted by Crippen LogP contribution is 2.40. The number of aromatic nitrogens is 4. The minimum atomic E-state index is -4.29. The number of aliphatic hydroxyl groups is 2. The van der Waals surface area contributed by atoms with Gasteiger partial charge in [-0.1, -0.05) is 18.2 Å². The lowest BCUT2D eigenvalue weighted by Gasteiger charge is -2.17. The number of nitrogens with one attached hydrogen (secondary N) is 1. The van der Waals surface area contributed by atoms with Crippen molar-refractivity contribution in [3.05, 3.63) is 53.1 Å². The number of aryl methyl sites for hydroxylation is 2. The predicted molar refractivity (Wildman–Crippen MR) is 134 cm³/mol. The van der Waals surface area contributed by atoms with Gasteiger partial charge in [0.15, 0.2) is 23.2 Å². The van der Waals surface area contributed by atoms with Crippen molar-refractivity contribution < 1.29 is 29.3 Å². The van der Waals surface area contributed by atoms with Gasteiger partial charge in [-0.05, 0) is 65.9 Å². The van der Waals surface area contributed by atoms with Gasteiger partial charge in [-0.2, -0.15) is 9.97 Å². The fourth-order valence-corrected chi connectivity index (χ4v) is 5.27. The first-order valence-corrected chi connectivity index (χ1v) is 13.4. The molecule has 1 aliphatic rings. The topological polar surface area (TPSA) is 163 Å². The molecule has 0 bridgehead atoms. The molecule has 4 atom stereocenters. The Morgan fingerprint density at radius 1 is 1.08 bits per heavy atom. The summed E-state index contributed by atoms with van der Waals surface area (Å²) >= 11 is 6.22. The number of aliphatic hydroxyl groups excluding tert-OH is 2. The first-order chi connectivity index (χ1) is 17.0. The molecule has 4 aromatic rings. The molecule has 1 saturated heterocycles. The van der Waals surface area contributed by atoms with E-state index >= 15 is 0 Å². The van der Waals surface area contributed by atoms with Gasteiger partial charge in [0.05, 0.1) is 18.6 Å². The number of benzene rings is 2. The summed E-state index contributed by atoms with van der Waals surface area (Å²) in [5.74, 6) is 0.347. The highest BCUT2D eigenvalue weighted by Gasteiger charge is 2.44. The Kier molecular flexibility index (Phi) is 6.50. The largest absolute Gasteiger partial charge is 0.388 e. The minimum absolute atomic E-state index is 0.0642. The summed E-state index contributed by atoms with van der Waals surface area (Å²) in [6, 6.07) is 10.1. The zero-order valence-electron chi connectivity index (χ0n) is 19.4. The lowest BCUT2D eigenvalue weighted by atomic mass is 10.0. The standard InChI is InChI=1S/C23H25ClN5O6P/c1-11-3-4-12(2)15-9-13(5-6-14(11)15)26-20-17-21(28-23(24)27-20)29(10-25-17)22-19(31)18(30)16(35-22)7-8-36(32,33)34/h3-6,9-10,16,18-19,22,30-31H,7-8H2,1-2H3,(H,26,27,28)(H2,32,33,34)/t16-,18?,19+,22-/m1/s1. The molecule has 1 unspecified atom stereocenters. The number of hydrogen-bond acceptors (Lipinski definition) is 8. The molecule has 3 heterocycles. The fourth-order valence-electron chi connectivity index (χ4n) is 4.51. The van der Waals surface area contributed by atoms with Crippen LogP contribution >= 0.6 is 19.2 Å². The second-order valence-electron chi connectivity index (χ2n) is 8.97. The van der Waals surface area contributed by atoms with Crippen LogP contribution in [0.5, 0.6) is 0 Å². The Labute approximate surface area is 210 Å². The van der Waals surface area contributed by atoms with E-state index in [1.54, 1.807) is 0 Å². The number of anilines is 2. The molecule has 0 saturated carbocycles. The van der Waals surface area contributed by atoms with Gasteiger partial charge >= 0.3 is 7.60 Å². The van der Waals surface area contributed by atoms with Crippen LogP contribution in [-0.2, 0) is 9.30 Å². The van der Waals surface area contributed by atoms with Crippen molar-refractivity contribution in [2.24, 2.45) is 0 Å². The number of ether oxygens (including phenoxy) is 1. The van der Waals surface area contributed by atoms with Gasteiger partial charge in [-0.3, -0.25) is 9.13 Å². The van der Waals surface area contributed by atoms with E-state index < -0.39 is 38.3 Å². The van der Waals surface area contributed by atoms with E-state index in [4.69, 9.17) is 26.1 Å². The molecule has 190 valence electrons. The molecule has 36 heavy (non-hydrogen) atoms. The summed E-state index contributed by atoms with van der Waals surface area (Å²) in [5.41, 5.74) is 3.70. The van der Waals surface area contributed by atoms with Gasteiger partial charge in [0.1, 0.15) is 12.2 Å². The highest BCUT2D eigenvalue weighted by molar-refractivity contribution is 7.51. The van der Waals surface area contributed by atoms with E-state index in [9.17, 15) is 14.8 Å². The smallest absolute Gasteiger partial charge is 0.325 e. The normalized spacial score (nSPS) is 22.5. The van der Waals surface area contributed by atoms with Crippen molar-refractivity contribution in [1.29, 1.82) is 0 Å². The van der Waals surface area contributed by atoms with E-state index in [2.05, 4.69) is 39.3 Å². The first-order valence-electron chi connectivity index (χ1n) is 11.2. The SMILES string of the molecule is Cc1ccc(C)c2cc(Nc3nc(Cl)nc4c3ncn4[C@@H]3O[C@H](CCP(=O)(O)O)C(O)[C@@H]3O)ccc12. The summed E-state index contributed by atoms with van der Waals surface area (Å²) in [5, 5.41) is 26.4. The maximum Gasteiger partial charge on any atom is 0.325 e. The molecule has 5 N–H and O–H groups in total. The monoisotopic (exact) mass is 533 g/mol. The molecule has 2 aromatic carbocycles. The van der Waals surface area contributed by atoms with Crippen LogP contribution in [0.2, 0.25) is 5.28 Å². The van der Waals surface area contributed by atoms with Gasteiger partial charge in [-0.25, -0.2) is 4.98 Å². The van der Waals surface area contributed by atoms with E-state index in [0.717, 1.165) is 22.0 Å². The number of nitrogens with zero attached hydrogens (tertiary/aromatic N) is 4. The third kappa shape index (κ3) is 4.71. The van der Waals surface area contributed by atoms with Crippen LogP contribution in [0.15, 0.2) is 36.7 Å². The van der Waals surface area contributed by atoms with E-state index in [-0.39, 0.29) is 17.4 Å². The summed E-state index contributed by atoms with van der Waals surface area (Å²) in [6.45, 7) is 4.10. The van der Waals surface area contributed by atoms with Crippen molar-refractivity contribution in [1.82, 2.24) is 19.5 Å². The van der Waals surface area contributed by atoms with Crippen LogP contribution in [0.3, 0.4) is 0 Å². The average molecular weight is 534 g/mol. The number of rotatable bonds is 6. The van der Waals surface area contributed by atoms with Crippen molar-refractivity contribution >= 4 is 52.6 Å². The molecule has 11 nitrogen and oxygen atoms in total.